The number of nitrogens with one attached hydrogen (secondary N) is 1. The molecule has 0 aliphatic heterocycles. The second-order valence-corrected chi connectivity index (χ2v) is 8.63. The van der Waals surface area contributed by atoms with Crippen molar-refractivity contribution in [1.29, 1.82) is 0 Å². The molecule has 0 radical (unpaired) electrons. The molecular weight excluding hydrogens is 482 g/mol. The Bertz CT molecular complexity index is 1260. The first-order valence-electron chi connectivity index (χ1n) is 12.5. The van der Waals surface area contributed by atoms with Gasteiger partial charge in [-0.25, -0.2) is 0 Å². The molecule has 0 bridgehead atoms. The minimum Gasteiger partial charge on any atom is -0.493 e. The molecule has 0 fully saturated rings. The zero-order valence-electron chi connectivity index (χ0n) is 21.9. The van der Waals surface area contributed by atoms with E-state index in [1.807, 2.05) is 67.6 Å². The van der Waals surface area contributed by atoms with Crippen molar-refractivity contribution in [3.05, 3.63) is 119 Å². The summed E-state index contributed by atoms with van der Waals surface area (Å²) in [4.78, 5) is 13.1. The van der Waals surface area contributed by atoms with Gasteiger partial charge in [-0.15, -0.1) is 0 Å². The second kappa shape index (κ2) is 13.1. The van der Waals surface area contributed by atoms with E-state index in [4.69, 9.17) is 23.7 Å². The molecule has 1 aliphatic carbocycles. The summed E-state index contributed by atoms with van der Waals surface area (Å²) >= 11 is 0. The van der Waals surface area contributed by atoms with Gasteiger partial charge >= 0.3 is 0 Å². The number of hydrogen-bond donors (Lipinski definition) is 1. The van der Waals surface area contributed by atoms with Gasteiger partial charge in [-0.2, -0.15) is 0 Å². The number of amides is 1. The number of rotatable bonds is 12. The molecule has 7 nitrogen and oxygen atoms in total. The van der Waals surface area contributed by atoms with Gasteiger partial charge < -0.3 is 29.0 Å². The minimum absolute atomic E-state index is 0.294. The van der Waals surface area contributed by atoms with Crippen LogP contribution in [-0.2, 0) is 27.4 Å². The van der Waals surface area contributed by atoms with Crippen molar-refractivity contribution in [2.24, 2.45) is 0 Å². The standard InChI is InChI=1S/C31H33NO6/c1-4-37-31(38-22-24-13-9-6-10-14-24)18-17-26(20-29(31)35-3)32-30(33)25-15-16-27(28(19-25)34-2)36-21-23-11-7-5-8-12-23/h5-20,29H,4,21-22H2,1-3H3,(H,32,33). The van der Waals surface area contributed by atoms with Crippen molar-refractivity contribution < 1.29 is 28.5 Å². The van der Waals surface area contributed by atoms with Gasteiger partial charge in [0.2, 0.25) is 5.79 Å². The van der Waals surface area contributed by atoms with Crippen molar-refractivity contribution in [3.8, 4) is 11.5 Å². The summed E-state index contributed by atoms with van der Waals surface area (Å²) in [5.41, 5.74) is 3.06. The zero-order valence-corrected chi connectivity index (χ0v) is 21.9. The number of ether oxygens (including phenoxy) is 5. The maximum atomic E-state index is 13.1. The third-order valence-corrected chi connectivity index (χ3v) is 6.07. The van der Waals surface area contributed by atoms with E-state index >= 15 is 0 Å². The third kappa shape index (κ3) is 6.69. The molecule has 1 amide bonds. The quantitative estimate of drug-likeness (QED) is 0.325. The summed E-state index contributed by atoms with van der Waals surface area (Å²) in [7, 11) is 3.13. The largest absolute Gasteiger partial charge is 0.493 e. The van der Waals surface area contributed by atoms with Crippen molar-refractivity contribution in [3.63, 3.8) is 0 Å². The molecule has 3 aromatic rings. The van der Waals surface area contributed by atoms with Gasteiger partial charge in [-0.05, 0) is 54.5 Å². The Morgan fingerprint density at radius 2 is 1.55 bits per heavy atom. The molecule has 0 spiro atoms. The second-order valence-electron chi connectivity index (χ2n) is 8.63. The van der Waals surface area contributed by atoms with Crippen LogP contribution in [0.25, 0.3) is 0 Å². The van der Waals surface area contributed by atoms with E-state index in [1.54, 1.807) is 50.6 Å². The van der Waals surface area contributed by atoms with Crippen LogP contribution in [0.2, 0.25) is 0 Å². The first-order valence-corrected chi connectivity index (χ1v) is 12.5. The van der Waals surface area contributed by atoms with E-state index in [0.717, 1.165) is 11.1 Å². The fraction of sp³-hybridized carbons (Fsp3) is 0.258. The molecule has 1 aliphatic rings. The Balaban J connectivity index is 1.44. The summed E-state index contributed by atoms with van der Waals surface area (Å²) < 4.78 is 29.3. The van der Waals surface area contributed by atoms with E-state index in [0.29, 0.717) is 42.6 Å². The molecule has 7 heteroatoms. The first-order chi connectivity index (χ1) is 18.6. The molecule has 0 saturated carbocycles. The number of allylic oxidation sites excluding steroid dienone is 1. The summed E-state index contributed by atoms with van der Waals surface area (Å²) in [5, 5.41) is 2.93. The van der Waals surface area contributed by atoms with E-state index in [2.05, 4.69) is 5.32 Å². The highest BCUT2D eigenvalue weighted by Gasteiger charge is 2.40. The number of hydrogen-bond acceptors (Lipinski definition) is 6. The minimum atomic E-state index is -1.12. The summed E-state index contributed by atoms with van der Waals surface area (Å²) in [5.74, 6) is -0.380. The van der Waals surface area contributed by atoms with Crippen LogP contribution in [0.1, 0.15) is 28.4 Å². The van der Waals surface area contributed by atoms with Crippen molar-refractivity contribution in [2.45, 2.75) is 32.0 Å². The van der Waals surface area contributed by atoms with E-state index < -0.39 is 11.9 Å². The Kier molecular flexibility index (Phi) is 9.32. The van der Waals surface area contributed by atoms with Crippen LogP contribution in [0.3, 0.4) is 0 Å². The van der Waals surface area contributed by atoms with E-state index in [1.165, 1.54) is 0 Å². The lowest BCUT2D eigenvalue weighted by Gasteiger charge is -2.37. The van der Waals surface area contributed by atoms with Crippen molar-refractivity contribution in [1.82, 2.24) is 5.32 Å². The lowest BCUT2D eigenvalue weighted by molar-refractivity contribution is -0.252. The summed E-state index contributed by atoms with van der Waals surface area (Å²) in [6.45, 7) is 3.06. The molecule has 0 saturated heterocycles. The number of carbonyl (C=O) groups is 1. The normalized spacial score (nSPS) is 18.5. The average Bonchev–Trinajstić information content (AvgIpc) is 2.97. The summed E-state index contributed by atoms with van der Waals surface area (Å²) in [6, 6.07) is 24.8. The van der Waals surface area contributed by atoms with Gasteiger partial charge in [0.05, 0.1) is 13.7 Å². The molecule has 2 atom stereocenters. The Hall–Kier alpha value is -3.91. The lowest BCUT2D eigenvalue weighted by atomic mass is 10.0. The Morgan fingerprint density at radius 3 is 2.18 bits per heavy atom. The highest BCUT2D eigenvalue weighted by atomic mass is 16.7. The molecular formula is C31H33NO6. The molecule has 4 rings (SSSR count). The van der Waals surface area contributed by atoms with Crippen LogP contribution >= 0.6 is 0 Å². The van der Waals surface area contributed by atoms with Crippen molar-refractivity contribution in [2.75, 3.05) is 20.8 Å². The molecule has 0 aromatic heterocycles. The van der Waals surface area contributed by atoms with Crippen LogP contribution in [0.4, 0.5) is 0 Å². The fourth-order valence-corrected chi connectivity index (χ4v) is 4.12. The molecule has 3 aromatic carbocycles. The van der Waals surface area contributed by atoms with Crippen LogP contribution < -0.4 is 14.8 Å². The maximum Gasteiger partial charge on any atom is 0.255 e. The van der Waals surface area contributed by atoms with Gasteiger partial charge in [0.1, 0.15) is 12.7 Å². The van der Waals surface area contributed by atoms with Gasteiger partial charge in [-0.1, -0.05) is 60.7 Å². The van der Waals surface area contributed by atoms with Gasteiger partial charge in [0, 0.05) is 25.0 Å². The SMILES string of the molecule is CCOC1(OCc2ccccc2)C=CC(NC(=O)c2ccc(OCc3ccccc3)c(OC)c2)=CC1OC. The van der Waals surface area contributed by atoms with Crippen LogP contribution in [-0.4, -0.2) is 38.6 Å². The van der Waals surface area contributed by atoms with Crippen LogP contribution in [0.5, 0.6) is 11.5 Å². The maximum absolute atomic E-state index is 13.1. The fourth-order valence-electron chi connectivity index (χ4n) is 4.12. The topological polar surface area (TPSA) is 75.3 Å². The first kappa shape index (κ1) is 27.1. The molecule has 0 heterocycles. The molecule has 2 unspecified atom stereocenters. The van der Waals surface area contributed by atoms with Gasteiger partial charge in [0.25, 0.3) is 5.91 Å². The third-order valence-electron chi connectivity index (χ3n) is 6.07. The Labute approximate surface area is 223 Å². The van der Waals surface area contributed by atoms with Crippen LogP contribution in [0.15, 0.2) is 103 Å². The molecule has 198 valence electrons. The van der Waals surface area contributed by atoms with Crippen molar-refractivity contribution >= 4 is 5.91 Å². The zero-order chi connectivity index (χ0) is 26.8. The molecule has 1 N–H and O–H groups in total. The monoisotopic (exact) mass is 515 g/mol. The summed E-state index contributed by atoms with van der Waals surface area (Å²) in [6.07, 6.45) is 4.76. The predicted molar refractivity (Wildman–Crippen MR) is 145 cm³/mol. The number of methoxy groups -OCH3 is 2. The predicted octanol–water partition coefficient (Wildman–Crippen LogP) is 5.42. The van der Waals surface area contributed by atoms with E-state index in [-0.39, 0.29) is 5.91 Å². The highest BCUT2D eigenvalue weighted by molar-refractivity contribution is 5.96. The number of carbonyl (C=O) groups excluding carboxylic acids is 1. The van der Waals surface area contributed by atoms with Gasteiger partial charge in [0.15, 0.2) is 11.5 Å². The number of benzene rings is 3. The smallest absolute Gasteiger partial charge is 0.255 e. The van der Waals surface area contributed by atoms with Gasteiger partial charge in [-0.3, -0.25) is 4.79 Å². The highest BCUT2D eigenvalue weighted by Crippen LogP contribution is 2.31. The Morgan fingerprint density at radius 1 is 0.868 bits per heavy atom. The lowest BCUT2D eigenvalue weighted by Crippen LogP contribution is -2.48. The van der Waals surface area contributed by atoms with Crippen LogP contribution in [0, 0.1) is 0 Å². The average molecular weight is 516 g/mol. The van der Waals surface area contributed by atoms with E-state index in [9.17, 15) is 4.79 Å². The molecule has 38 heavy (non-hydrogen) atoms.